The van der Waals surface area contributed by atoms with E-state index in [-0.39, 0.29) is 0 Å². The predicted octanol–water partition coefficient (Wildman–Crippen LogP) is 2.32. The fraction of sp³-hybridized carbons (Fsp3) is 0.917. The number of thiocarbonyl (C=S) groups is 1. The van der Waals surface area contributed by atoms with E-state index in [1.54, 1.807) is 0 Å². The minimum Gasteiger partial charge on any atom is -0.393 e. The summed E-state index contributed by atoms with van der Waals surface area (Å²) in [6.45, 7) is 3.61. The molecule has 2 N–H and O–H groups in total. The van der Waals surface area contributed by atoms with Gasteiger partial charge in [-0.15, -0.1) is 0 Å². The monoisotopic (exact) mass is 226 g/mol. The number of nitrogens with two attached hydrogens (primary N) is 1. The van der Waals surface area contributed by atoms with Gasteiger partial charge in [0.1, 0.15) is 0 Å². The van der Waals surface area contributed by atoms with Crippen molar-refractivity contribution < 1.29 is 0 Å². The molecule has 0 unspecified atom stereocenters. The predicted molar refractivity (Wildman–Crippen MR) is 68.0 cm³/mol. The van der Waals surface area contributed by atoms with Gasteiger partial charge >= 0.3 is 0 Å². The van der Waals surface area contributed by atoms with Crippen molar-refractivity contribution in [2.45, 2.75) is 44.9 Å². The van der Waals surface area contributed by atoms with Crippen molar-refractivity contribution >= 4 is 17.2 Å². The summed E-state index contributed by atoms with van der Waals surface area (Å²) in [4.78, 5) is 3.19. The maximum atomic E-state index is 5.53. The van der Waals surface area contributed by atoms with E-state index in [4.69, 9.17) is 18.0 Å². The zero-order valence-corrected chi connectivity index (χ0v) is 10.3. The van der Waals surface area contributed by atoms with Crippen molar-refractivity contribution in [1.82, 2.24) is 4.90 Å². The lowest BCUT2D eigenvalue weighted by Crippen LogP contribution is -2.40. The summed E-state index contributed by atoms with van der Waals surface area (Å²) < 4.78 is 0. The second-order valence-electron chi connectivity index (χ2n) is 5.27. The molecule has 15 heavy (non-hydrogen) atoms. The van der Waals surface area contributed by atoms with Gasteiger partial charge in [-0.2, -0.15) is 0 Å². The quantitative estimate of drug-likeness (QED) is 0.749. The average molecular weight is 226 g/mol. The lowest BCUT2D eigenvalue weighted by molar-refractivity contribution is 0.111. The molecule has 2 rings (SSSR count). The summed E-state index contributed by atoms with van der Waals surface area (Å²) in [5.41, 5.74) is 6.27. The van der Waals surface area contributed by atoms with Gasteiger partial charge in [0.15, 0.2) is 0 Å². The highest BCUT2D eigenvalue weighted by molar-refractivity contribution is 7.80. The van der Waals surface area contributed by atoms with Gasteiger partial charge in [-0.3, -0.25) is 0 Å². The van der Waals surface area contributed by atoms with E-state index in [0.717, 1.165) is 18.4 Å². The minimum absolute atomic E-state index is 0.663. The summed E-state index contributed by atoms with van der Waals surface area (Å²) in [6.07, 6.45) is 9.60. The molecule has 2 aliphatic rings. The first-order valence-electron chi connectivity index (χ1n) is 6.21. The number of likely N-dealkylation sites (tertiary alicyclic amines) is 1. The second-order valence-corrected chi connectivity index (χ2v) is 5.79. The lowest BCUT2D eigenvalue weighted by atomic mass is 9.77. The van der Waals surface area contributed by atoms with Gasteiger partial charge in [-0.1, -0.05) is 25.1 Å². The Bertz CT molecular complexity index is 224. The first-order valence-corrected chi connectivity index (χ1v) is 6.62. The summed E-state index contributed by atoms with van der Waals surface area (Å²) >= 11 is 4.92. The van der Waals surface area contributed by atoms with Crippen LogP contribution in [-0.2, 0) is 0 Å². The molecule has 0 atom stereocenters. The second kappa shape index (κ2) is 4.79. The Morgan fingerprint density at radius 1 is 1.13 bits per heavy atom. The molecule has 1 aliphatic heterocycles. The zero-order valence-electron chi connectivity index (χ0n) is 9.50. The van der Waals surface area contributed by atoms with Crippen LogP contribution in [0.5, 0.6) is 0 Å². The summed E-state index contributed by atoms with van der Waals surface area (Å²) in [7, 11) is 0. The molecule has 0 amide bonds. The van der Waals surface area contributed by atoms with Crippen LogP contribution in [0.2, 0.25) is 0 Å². The fourth-order valence-electron chi connectivity index (χ4n) is 3.14. The molecule has 0 radical (unpaired) electrons. The van der Waals surface area contributed by atoms with E-state index in [2.05, 4.69) is 4.90 Å². The van der Waals surface area contributed by atoms with Crippen LogP contribution >= 0.6 is 12.2 Å². The Balaban J connectivity index is 1.74. The lowest BCUT2D eigenvalue weighted by Gasteiger charge is -2.39. The van der Waals surface area contributed by atoms with Crippen molar-refractivity contribution in [3.8, 4) is 0 Å². The highest BCUT2D eigenvalue weighted by atomic mass is 32.1. The standard InChI is InChI=1S/C12H22N2S/c13-11(15)3-8-14-9-6-12(7-10-14)4-1-2-5-12/h1-10H2,(H2,13,15). The minimum atomic E-state index is 0.663. The summed E-state index contributed by atoms with van der Waals surface area (Å²) in [5.74, 6) is 0. The maximum Gasteiger partial charge on any atom is 0.0740 e. The summed E-state index contributed by atoms with van der Waals surface area (Å²) in [5, 5.41) is 0. The van der Waals surface area contributed by atoms with Crippen molar-refractivity contribution in [3.63, 3.8) is 0 Å². The van der Waals surface area contributed by atoms with Gasteiger partial charge in [0, 0.05) is 13.0 Å². The maximum absolute atomic E-state index is 5.53. The Morgan fingerprint density at radius 3 is 2.27 bits per heavy atom. The van der Waals surface area contributed by atoms with Crippen LogP contribution in [0.25, 0.3) is 0 Å². The molecular formula is C12H22N2S. The average Bonchev–Trinajstić information content (AvgIpc) is 2.66. The van der Waals surface area contributed by atoms with Gasteiger partial charge in [0.05, 0.1) is 4.99 Å². The number of hydrogen-bond acceptors (Lipinski definition) is 2. The van der Waals surface area contributed by atoms with Gasteiger partial charge in [-0.25, -0.2) is 0 Å². The van der Waals surface area contributed by atoms with Crippen LogP contribution in [0.4, 0.5) is 0 Å². The van der Waals surface area contributed by atoms with Crippen LogP contribution < -0.4 is 5.73 Å². The van der Waals surface area contributed by atoms with Gasteiger partial charge in [0.25, 0.3) is 0 Å². The van der Waals surface area contributed by atoms with Crippen molar-refractivity contribution in [2.24, 2.45) is 11.1 Å². The molecule has 1 saturated carbocycles. The molecule has 0 bridgehead atoms. The van der Waals surface area contributed by atoms with Crippen molar-refractivity contribution in [2.75, 3.05) is 19.6 Å². The Kier molecular flexibility index (Phi) is 3.62. The molecule has 86 valence electrons. The Hall–Kier alpha value is -0.150. The Labute approximate surface area is 98.2 Å². The van der Waals surface area contributed by atoms with Gasteiger partial charge < -0.3 is 10.6 Å². The third-order valence-electron chi connectivity index (χ3n) is 4.26. The fourth-order valence-corrected chi connectivity index (χ4v) is 3.24. The molecular weight excluding hydrogens is 204 g/mol. The smallest absolute Gasteiger partial charge is 0.0740 e. The molecule has 0 aromatic rings. The van der Waals surface area contributed by atoms with Gasteiger partial charge in [-0.05, 0) is 44.2 Å². The van der Waals surface area contributed by atoms with Crippen molar-refractivity contribution in [1.29, 1.82) is 0 Å². The third-order valence-corrected chi connectivity index (χ3v) is 4.46. The van der Waals surface area contributed by atoms with Crippen LogP contribution in [0.3, 0.4) is 0 Å². The van der Waals surface area contributed by atoms with Crippen LogP contribution in [0.1, 0.15) is 44.9 Å². The highest BCUT2D eigenvalue weighted by Gasteiger charge is 2.36. The van der Waals surface area contributed by atoms with Crippen LogP contribution in [0, 0.1) is 5.41 Å². The third kappa shape index (κ3) is 2.91. The molecule has 2 nitrogen and oxygen atoms in total. The number of nitrogens with zero attached hydrogens (tertiary/aromatic N) is 1. The molecule has 1 saturated heterocycles. The van der Waals surface area contributed by atoms with E-state index in [1.165, 1.54) is 51.6 Å². The normalized spacial score (nSPS) is 25.9. The van der Waals surface area contributed by atoms with Crippen LogP contribution in [0.15, 0.2) is 0 Å². The first kappa shape index (κ1) is 11.3. The van der Waals surface area contributed by atoms with E-state index in [0.29, 0.717) is 4.99 Å². The van der Waals surface area contributed by atoms with E-state index >= 15 is 0 Å². The number of piperidine rings is 1. The molecule has 0 aromatic carbocycles. The highest BCUT2D eigenvalue weighted by Crippen LogP contribution is 2.45. The molecule has 0 aromatic heterocycles. The molecule has 1 aliphatic carbocycles. The van der Waals surface area contributed by atoms with E-state index in [1.807, 2.05) is 0 Å². The topological polar surface area (TPSA) is 29.3 Å². The number of rotatable bonds is 3. The SMILES string of the molecule is NC(=S)CCN1CCC2(CCCC2)CC1. The molecule has 3 heteroatoms. The van der Waals surface area contributed by atoms with Crippen LogP contribution in [-0.4, -0.2) is 29.5 Å². The van der Waals surface area contributed by atoms with Gasteiger partial charge in [0.2, 0.25) is 0 Å². The van der Waals surface area contributed by atoms with Crippen molar-refractivity contribution in [3.05, 3.63) is 0 Å². The zero-order chi connectivity index (χ0) is 10.7. The van der Waals surface area contributed by atoms with E-state index in [9.17, 15) is 0 Å². The van der Waals surface area contributed by atoms with E-state index < -0.39 is 0 Å². The molecule has 1 spiro atoms. The molecule has 2 fully saturated rings. The Morgan fingerprint density at radius 2 is 1.73 bits per heavy atom. The first-order chi connectivity index (χ1) is 7.20. The largest absolute Gasteiger partial charge is 0.393 e. The number of hydrogen-bond donors (Lipinski definition) is 1. The molecule has 1 heterocycles. The summed E-state index contributed by atoms with van der Waals surface area (Å²) in [6, 6.07) is 0.